The maximum atomic E-state index is 12.2. The van der Waals surface area contributed by atoms with E-state index in [0.29, 0.717) is 18.5 Å². The van der Waals surface area contributed by atoms with Gasteiger partial charge in [0.15, 0.2) is 11.5 Å². The molecular formula is C25H30O4. The number of carbonyl (C=O) groups excluding carboxylic acids is 1. The molecule has 2 aliphatic rings. The van der Waals surface area contributed by atoms with Crippen LogP contribution in [-0.2, 0) is 24.1 Å². The van der Waals surface area contributed by atoms with E-state index in [1.165, 1.54) is 22.3 Å². The zero-order chi connectivity index (χ0) is 20.6. The minimum Gasteiger partial charge on any atom is -0.454 e. The lowest BCUT2D eigenvalue weighted by Gasteiger charge is -2.27. The number of esters is 1. The number of hydrogen-bond donors (Lipinski definition) is 0. The first-order valence-corrected chi connectivity index (χ1v) is 10.6. The molecule has 4 heteroatoms. The third-order valence-corrected chi connectivity index (χ3v) is 5.82. The zero-order valence-electron chi connectivity index (χ0n) is 17.8. The summed E-state index contributed by atoms with van der Waals surface area (Å²) < 4.78 is 16.8. The predicted molar refractivity (Wildman–Crippen MR) is 113 cm³/mol. The zero-order valence-corrected chi connectivity index (χ0v) is 17.8. The molecule has 0 bridgehead atoms. The summed E-state index contributed by atoms with van der Waals surface area (Å²) in [6, 6.07) is 10.5. The Balaban J connectivity index is 1.56. The number of hydrogen-bond acceptors (Lipinski definition) is 4. The molecule has 0 radical (unpaired) electrons. The summed E-state index contributed by atoms with van der Waals surface area (Å²) in [5.74, 6) is 2.67. The summed E-state index contributed by atoms with van der Waals surface area (Å²) in [6.07, 6.45) is 5.23. The summed E-state index contributed by atoms with van der Waals surface area (Å²) in [6.45, 7) is 8.14. The van der Waals surface area contributed by atoms with Gasteiger partial charge < -0.3 is 14.2 Å². The van der Waals surface area contributed by atoms with E-state index in [0.717, 1.165) is 43.6 Å². The smallest absolute Gasteiger partial charge is 0.316 e. The van der Waals surface area contributed by atoms with Gasteiger partial charge >= 0.3 is 5.97 Å². The van der Waals surface area contributed by atoms with Crippen LogP contribution in [0.1, 0.15) is 68.7 Å². The van der Waals surface area contributed by atoms with Crippen LogP contribution in [-0.4, -0.2) is 12.8 Å². The van der Waals surface area contributed by atoms with Gasteiger partial charge in [-0.2, -0.15) is 0 Å². The summed E-state index contributed by atoms with van der Waals surface area (Å²) in [5, 5.41) is 0. The van der Waals surface area contributed by atoms with E-state index in [-0.39, 0.29) is 5.97 Å². The maximum Gasteiger partial charge on any atom is 0.316 e. The van der Waals surface area contributed by atoms with Crippen molar-refractivity contribution in [2.24, 2.45) is 5.41 Å². The van der Waals surface area contributed by atoms with Crippen LogP contribution in [0.2, 0.25) is 0 Å². The van der Waals surface area contributed by atoms with Crippen molar-refractivity contribution >= 4 is 5.97 Å². The van der Waals surface area contributed by atoms with Gasteiger partial charge in [0.1, 0.15) is 5.75 Å². The minimum atomic E-state index is -0.504. The van der Waals surface area contributed by atoms with E-state index < -0.39 is 5.41 Å². The Morgan fingerprint density at radius 3 is 2.59 bits per heavy atom. The van der Waals surface area contributed by atoms with Crippen LogP contribution in [0.25, 0.3) is 0 Å². The Hall–Kier alpha value is -2.49. The van der Waals surface area contributed by atoms with Crippen molar-refractivity contribution in [3.8, 4) is 17.2 Å². The van der Waals surface area contributed by atoms with Crippen LogP contribution in [0.4, 0.5) is 0 Å². The Morgan fingerprint density at radius 2 is 1.86 bits per heavy atom. The van der Waals surface area contributed by atoms with Crippen LogP contribution in [0.15, 0.2) is 30.3 Å². The topological polar surface area (TPSA) is 44.8 Å². The Labute approximate surface area is 173 Å². The number of benzene rings is 2. The number of aryl methyl sites for hydroxylation is 2. The molecule has 0 fully saturated rings. The van der Waals surface area contributed by atoms with E-state index in [2.05, 4.69) is 25.1 Å². The maximum absolute atomic E-state index is 12.2. The van der Waals surface area contributed by atoms with Gasteiger partial charge in [-0.3, -0.25) is 4.79 Å². The highest BCUT2D eigenvalue weighted by molar-refractivity contribution is 5.77. The van der Waals surface area contributed by atoms with Gasteiger partial charge in [0, 0.05) is 0 Å². The molecule has 2 aromatic rings. The fourth-order valence-electron chi connectivity index (χ4n) is 4.19. The molecule has 1 aliphatic carbocycles. The largest absolute Gasteiger partial charge is 0.454 e. The van der Waals surface area contributed by atoms with Crippen LogP contribution in [0.5, 0.6) is 17.2 Å². The molecule has 1 aliphatic heterocycles. The Bertz CT molecular complexity index is 923. The second kappa shape index (κ2) is 7.74. The van der Waals surface area contributed by atoms with Gasteiger partial charge in [-0.1, -0.05) is 19.4 Å². The standard InChI is InChI=1S/C25H30O4/c1-5-6-18-13-22-23(28-15-27-22)14-21(18)19-8-7-17-12-20(10-9-16(17)11-19)29-24(26)25(2,3)4/h9-10,12-14,19H,5-8,11,15H2,1-4H3. The molecule has 1 unspecified atom stereocenters. The monoisotopic (exact) mass is 394 g/mol. The van der Waals surface area contributed by atoms with E-state index in [4.69, 9.17) is 14.2 Å². The van der Waals surface area contributed by atoms with E-state index >= 15 is 0 Å². The first-order valence-electron chi connectivity index (χ1n) is 10.6. The average molecular weight is 395 g/mol. The molecule has 29 heavy (non-hydrogen) atoms. The molecule has 1 atom stereocenters. The fraction of sp³-hybridized carbons (Fsp3) is 0.480. The summed E-state index contributed by atoms with van der Waals surface area (Å²) in [7, 11) is 0. The van der Waals surface area contributed by atoms with Gasteiger partial charge in [-0.25, -0.2) is 0 Å². The Kier molecular flexibility index (Phi) is 5.28. The molecule has 0 aromatic heterocycles. The van der Waals surface area contributed by atoms with Crippen molar-refractivity contribution in [2.45, 2.75) is 65.7 Å². The van der Waals surface area contributed by atoms with Crippen LogP contribution in [0, 0.1) is 5.41 Å². The van der Waals surface area contributed by atoms with Crippen molar-refractivity contribution in [2.75, 3.05) is 6.79 Å². The number of carbonyl (C=O) groups is 1. The van der Waals surface area contributed by atoms with Gasteiger partial charge in [-0.15, -0.1) is 0 Å². The molecular weight excluding hydrogens is 364 g/mol. The van der Waals surface area contributed by atoms with Crippen LogP contribution in [0.3, 0.4) is 0 Å². The van der Waals surface area contributed by atoms with Crippen molar-refractivity contribution in [1.82, 2.24) is 0 Å². The second-order valence-electron chi connectivity index (χ2n) is 9.16. The minimum absolute atomic E-state index is 0.198. The lowest BCUT2D eigenvalue weighted by Crippen LogP contribution is -2.25. The van der Waals surface area contributed by atoms with E-state index in [1.807, 2.05) is 32.9 Å². The molecule has 0 saturated carbocycles. The number of rotatable bonds is 4. The van der Waals surface area contributed by atoms with Gasteiger partial charge in [-0.05, 0) is 98.9 Å². The lowest BCUT2D eigenvalue weighted by molar-refractivity contribution is -0.143. The van der Waals surface area contributed by atoms with Crippen LogP contribution >= 0.6 is 0 Å². The van der Waals surface area contributed by atoms with Crippen molar-refractivity contribution in [3.63, 3.8) is 0 Å². The first kappa shape index (κ1) is 19.8. The SMILES string of the molecule is CCCc1cc2c(cc1C1CCc3cc(OC(=O)C(C)(C)C)ccc3C1)OCO2. The van der Waals surface area contributed by atoms with Gasteiger partial charge in [0.2, 0.25) is 6.79 Å². The molecule has 4 nitrogen and oxygen atoms in total. The quantitative estimate of drug-likeness (QED) is 0.501. The average Bonchev–Trinajstić information content (AvgIpc) is 3.14. The van der Waals surface area contributed by atoms with E-state index in [1.54, 1.807) is 0 Å². The van der Waals surface area contributed by atoms with Crippen LogP contribution < -0.4 is 14.2 Å². The van der Waals surface area contributed by atoms with Crippen molar-refractivity contribution in [1.29, 1.82) is 0 Å². The molecule has 4 rings (SSSR count). The summed E-state index contributed by atoms with van der Waals surface area (Å²) >= 11 is 0. The van der Waals surface area contributed by atoms with E-state index in [9.17, 15) is 4.79 Å². The Morgan fingerprint density at radius 1 is 1.10 bits per heavy atom. The lowest BCUT2D eigenvalue weighted by atomic mass is 9.78. The molecule has 0 spiro atoms. The highest BCUT2D eigenvalue weighted by Crippen LogP contribution is 2.42. The molecule has 2 aromatic carbocycles. The van der Waals surface area contributed by atoms with Crippen molar-refractivity contribution in [3.05, 3.63) is 52.6 Å². The highest BCUT2D eigenvalue weighted by atomic mass is 16.7. The third-order valence-electron chi connectivity index (χ3n) is 5.82. The summed E-state index contributed by atoms with van der Waals surface area (Å²) in [4.78, 5) is 12.2. The highest BCUT2D eigenvalue weighted by Gasteiger charge is 2.27. The molecule has 0 amide bonds. The van der Waals surface area contributed by atoms with Gasteiger partial charge in [0.05, 0.1) is 5.41 Å². The van der Waals surface area contributed by atoms with Crippen molar-refractivity contribution < 1.29 is 19.0 Å². The molecule has 0 N–H and O–H groups in total. The molecule has 154 valence electrons. The number of fused-ring (bicyclic) bond motifs is 2. The summed E-state index contributed by atoms with van der Waals surface area (Å²) in [5.41, 5.74) is 4.90. The predicted octanol–water partition coefficient (Wildman–Crippen LogP) is 5.59. The molecule has 1 heterocycles. The first-order chi connectivity index (χ1) is 13.8. The molecule has 0 saturated heterocycles. The third kappa shape index (κ3) is 4.12. The number of ether oxygens (including phenoxy) is 3. The normalized spacial score (nSPS) is 17.7. The second-order valence-corrected chi connectivity index (χ2v) is 9.16. The van der Waals surface area contributed by atoms with Gasteiger partial charge in [0.25, 0.3) is 0 Å². The fourth-order valence-corrected chi connectivity index (χ4v) is 4.19.